The number of carboxylic acids is 1. The molecule has 4 nitrogen and oxygen atoms in total. The van der Waals surface area contributed by atoms with Gasteiger partial charge in [-0.25, -0.2) is 4.79 Å². The number of hydrogen-bond acceptors (Lipinski definition) is 4. The molecule has 3 rings (SSSR count). The molecule has 0 saturated carbocycles. The summed E-state index contributed by atoms with van der Waals surface area (Å²) >= 11 is 1.99. The molecular formula is C16H20O4S. The maximum absolute atomic E-state index is 11.0. The van der Waals surface area contributed by atoms with Crippen molar-refractivity contribution in [1.29, 1.82) is 0 Å². The molecular weight excluding hydrogens is 288 g/mol. The average molecular weight is 308 g/mol. The molecule has 0 bridgehead atoms. The molecule has 1 unspecified atom stereocenters. The molecule has 114 valence electrons. The van der Waals surface area contributed by atoms with Crippen LogP contribution in [0.4, 0.5) is 0 Å². The number of aromatic carboxylic acids is 1. The number of ether oxygens (including phenoxy) is 2. The van der Waals surface area contributed by atoms with Crippen molar-refractivity contribution in [2.75, 3.05) is 18.1 Å². The van der Waals surface area contributed by atoms with Crippen LogP contribution in [0.2, 0.25) is 0 Å². The summed E-state index contributed by atoms with van der Waals surface area (Å²) in [6, 6.07) is 6.73. The Morgan fingerprint density at radius 2 is 2.19 bits per heavy atom. The van der Waals surface area contributed by atoms with E-state index < -0.39 is 5.97 Å². The van der Waals surface area contributed by atoms with Gasteiger partial charge in [0.05, 0.1) is 17.8 Å². The highest BCUT2D eigenvalue weighted by atomic mass is 32.2. The summed E-state index contributed by atoms with van der Waals surface area (Å²) in [7, 11) is 0. The van der Waals surface area contributed by atoms with Gasteiger partial charge in [-0.15, -0.1) is 0 Å². The molecule has 21 heavy (non-hydrogen) atoms. The highest BCUT2D eigenvalue weighted by molar-refractivity contribution is 7.99. The standard InChI is InChI=1S/C16H20O4S/c17-15(18)12-2-1-3-13(10-12)20-14-4-7-19-16(11-14)5-8-21-9-6-16/h1-3,10,14H,4-9,11H2,(H,17,18). The minimum absolute atomic E-state index is 0.0153. The van der Waals surface area contributed by atoms with E-state index in [0.29, 0.717) is 5.75 Å². The lowest BCUT2D eigenvalue weighted by atomic mass is 9.86. The number of carbonyl (C=O) groups is 1. The van der Waals surface area contributed by atoms with Crippen LogP contribution >= 0.6 is 11.8 Å². The molecule has 2 saturated heterocycles. The van der Waals surface area contributed by atoms with Crippen LogP contribution in [0.25, 0.3) is 0 Å². The largest absolute Gasteiger partial charge is 0.490 e. The molecule has 1 N–H and O–H groups in total. The molecule has 1 aromatic carbocycles. The summed E-state index contributed by atoms with van der Waals surface area (Å²) in [5.74, 6) is 2.03. The first kappa shape index (κ1) is 14.7. The highest BCUT2D eigenvalue weighted by Crippen LogP contribution is 2.38. The van der Waals surface area contributed by atoms with Crippen LogP contribution in [0.15, 0.2) is 24.3 Å². The first-order chi connectivity index (χ1) is 10.2. The molecule has 2 fully saturated rings. The monoisotopic (exact) mass is 308 g/mol. The Hall–Kier alpha value is -1.20. The second-order valence-corrected chi connectivity index (χ2v) is 6.93. The topological polar surface area (TPSA) is 55.8 Å². The molecule has 1 atom stereocenters. The maximum Gasteiger partial charge on any atom is 0.335 e. The number of hydrogen-bond donors (Lipinski definition) is 1. The average Bonchev–Trinajstić information content (AvgIpc) is 2.48. The summed E-state index contributed by atoms with van der Waals surface area (Å²) in [6.45, 7) is 0.730. The van der Waals surface area contributed by atoms with E-state index in [9.17, 15) is 4.79 Å². The van der Waals surface area contributed by atoms with Crippen LogP contribution in [0, 0.1) is 0 Å². The van der Waals surface area contributed by atoms with Gasteiger partial charge in [0, 0.05) is 12.8 Å². The first-order valence-electron chi connectivity index (χ1n) is 7.39. The molecule has 1 aromatic rings. The lowest BCUT2D eigenvalue weighted by molar-refractivity contribution is -0.116. The van der Waals surface area contributed by atoms with Crippen LogP contribution in [0.1, 0.15) is 36.0 Å². The predicted molar refractivity (Wildman–Crippen MR) is 82.3 cm³/mol. The second-order valence-electron chi connectivity index (χ2n) is 5.71. The Balaban J connectivity index is 1.67. The molecule has 0 aliphatic carbocycles. The molecule has 0 radical (unpaired) electrons. The summed E-state index contributed by atoms with van der Waals surface area (Å²) in [5.41, 5.74) is 0.252. The Bertz CT molecular complexity index is 505. The van der Waals surface area contributed by atoms with Gasteiger partial charge in [-0.2, -0.15) is 11.8 Å². The van der Waals surface area contributed by atoms with Gasteiger partial charge < -0.3 is 14.6 Å². The fraction of sp³-hybridized carbons (Fsp3) is 0.562. The van der Waals surface area contributed by atoms with E-state index in [1.165, 1.54) is 0 Å². The molecule has 2 aliphatic rings. The fourth-order valence-corrected chi connectivity index (χ4v) is 4.31. The van der Waals surface area contributed by atoms with E-state index in [0.717, 1.165) is 43.8 Å². The van der Waals surface area contributed by atoms with E-state index in [2.05, 4.69) is 0 Å². The lowest BCUT2D eigenvalue weighted by Gasteiger charge is -2.43. The van der Waals surface area contributed by atoms with Crippen molar-refractivity contribution < 1.29 is 19.4 Å². The van der Waals surface area contributed by atoms with Gasteiger partial charge >= 0.3 is 5.97 Å². The minimum atomic E-state index is -0.923. The SMILES string of the molecule is O=C(O)c1cccc(OC2CCOC3(CCSCC3)C2)c1. The molecule has 5 heteroatoms. The van der Waals surface area contributed by atoms with Gasteiger partial charge in [0.15, 0.2) is 0 Å². The zero-order valence-electron chi connectivity index (χ0n) is 11.9. The molecule has 1 spiro atoms. The number of thioether (sulfide) groups is 1. The van der Waals surface area contributed by atoms with Crippen LogP contribution in [-0.4, -0.2) is 40.9 Å². The normalized spacial score (nSPS) is 24.7. The van der Waals surface area contributed by atoms with Crippen LogP contribution in [0.5, 0.6) is 5.75 Å². The summed E-state index contributed by atoms with van der Waals surface area (Å²) in [6.07, 6.45) is 4.07. The third-order valence-electron chi connectivity index (χ3n) is 4.24. The quantitative estimate of drug-likeness (QED) is 0.929. The van der Waals surface area contributed by atoms with Crippen molar-refractivity contribution in [3.05, 3.63) is 29.8 Å². The smallest absolute Gasteiger partial charge is 0.335 e. The maximum atomic E-state index is 11.0. The summed E-state index contributed by atoms with van der Waals surface area (Å²) < 4.78 is 12.1. The van der Waals surface area contributed by atoms with Crippen molar-refractivity contribution in [3.8, 4) is 5.75 Å². The Morgan fingerprint density at radius 3 is 2.95 bits per heavy atom. The zero-order valence-corrected chi connectivity index (χ0v) is 12.7. The highest BCUT2D eigenvalue weighted by Gasteiger charge is 2.39. The van der Waals surface area contributed by atoms with E-state index in [1.54, 1.807) is 18.2 Å². The van der Waals surface area contributed by atoms with Crippen molar-refractivity contribution in [3.63, 3.8) is 0 Å². The zero-order chi connectivity index (χ0) is 14.7. The summed E-state index contributed by atoms with van der Waals surface area (Å²) in [5, 5.41) is 9.04. The molecule has 2 aliphatic heterocycles. The van der Waals surface area contributed by atoms with Crippen molar-refractivity contribution in [2.24, 2.45) is 0 Å². The predicted octanol–water partition coefficient (Wildman–Crippen LogP) is 3.21. The Labute approximate surface area is 128 Å². The van der Waals surface area contributed by atoms with Gasteiger partial charge in [0.25, 0.3) is 0 Å². The summed E-state index contributed by atoms with van der Waals surface area (Å²) in [4.78, 5) is 11.0. The van der Waals surface area contributed by atoms with Gasteiger partial charge in [0.2, 0.25) is 0 Å². The molecule has 2 heterocycles. The van der Waals surface area contributed by atoms with E-state index in [-0.39, 0.29) is 17.3 Å². The first-order valence-corrected chi connectivity index (χ1v) is 8.54. The minimum Gasteiger partial charge on any atom is -0.490 e. The lowest BCUT2D eigenvalue weighted by Crippen LogP contribution is -2.46. The van der Waals surface area contributed by atoms with E-state index in [1.807, 2.05) is 17.8 Å². The van der Waals surface area contributed by atoms with E-state index in [4.69, 9.17) is 14.6 Å². The number of rotatable bonds is 3. The van der Waals surface area contributed by atoms with Crippen LogP contribution < -0.4 is 4.74 Å². The number of carboxylic acid groups (broad SMARTS) is 1. The van der Waals surface area contributed by atoms with Crippen molar-refractivity contribution in [1.82, 2.24) is 0 Å². The van der Waals surface area contributed by atoms with Gasteiger partial charge in [-0.1, -0.05) is 6.07 Å². The Kier molecular flexibility index (Phi) is 4.40. The van der Waals surface area contributed by atoms with Crippen molar-refractivity contribution in [2.45, 2.75) is 37.4 Å². The molecule has 0 aromatic heterocycles. The third-order valence-corrected chi connectivity index (χ3v) is 5.22. The molecule has 0 amide bonds. The Morgan fingerprint density at radius 1 is 1.38 bits per heavy atom. The second kappa shape index (κ2) is 6.28. The third kappa shape index (κ3) is 3.52. The van der Waals surface area contributed by atoms with Gasteiger partial charge in [-0.05, 0) is 42.5 Å². The van der Waals surface area contributed by atoms with Gasteiger partial charge in [-0.3, -0.25) is 0 Å². The van der Waals surface area contributed by atoms with Crippen LogP contribution in [0.3, 0.4) is 0 Å². The fourth-order valence-electron chi connectivity index (χ4n) is 3.07. The van der Waals surface area contributed by atoms with Crippen molar-refractivity contribution >= 4 is 17.7 Å². The number of benzene rings is 1. The van der Waals surface area contributed by atoms with E-state index >= 15 is 0 Å². The van der Waals surface area contributed by atoms with Crippen LogP contribution in [-0.2, 0) is 4.74 Å². The van der Waals surface area contributed by atoms with Gasteiger partial charge in [0.1, 0.15) is 11.9 Å².